The van der Waals surface area contributed by atoms with Crippen LogP contribution in [0.1, 0.15) is 17.7 Å². The Morgan fingerprint density at radius 2 is 2.29 bits per heavy atom. The summed E-state index contributed by atoms with van der Waals surface area (Å²) in [5.74, 6) is 0.784. The summed E-state index contributed by atoms with van der Waals surface area (Å²) in [6, 6.07) is 4.95. The third-order valence-electron chi connectivity index (χ3n) is 3.43. The molecule has 3 rings (SSSR count). The Labute approximate surface area is 124 Å². The van der Waals surface area contributed by atoms with Gasteiger partial charge in [-0.3, -0.25) is 4.21 Å². The first kappa shape index (κ1) is 14.1. The van der Waals surface area contributed by atoms with E-state index in [9.17, 15) is 8.60 Å². The molecule has 0 radical (unpaired) electrons. The van der Waals surface area contributed by atoms with Crippen molar-refractivity contribution in [2.75, 3.05) is 11.5 Å². The van der Waals surface area contributed by atoms with Crippen LogP contribution in [0.3, 0.4) is 0 Å². The topological polar surface area (TPSA) is 73.8 Å². The molecule has 2 aromatic rings. The van der Waals surface area contributed by atoms with E-state index in [1.54, 1.807) is 18.3 Å². The highest BCUT2D eigenvalue weighted by molar-refractivity contribution is 7.85. The molecule has 1 atom stereocenters. The van der Waals surface area contributed by atoms with Crippen LogP contribution in [0.25, 0.3) is 11.3 Å². The van der Waals surface area contributed by atoms with Crippen molar-refractivity contribution in [3.05, 3.63) is 47.5 Å². The van der Waals surface area contributed by atoms with Gasteiger partial charge in [-0.05, 0) is 24.1 Å². The highest BCUT2D eigenvalue weighted by atomic mass is 32.2. The predicted octanol–water partition coefficient (Wildman–Crippen LogP) is 1.40. The van der Waals surface area contributed by atoms with Crippen molar-refractivity contribution in [2.45, 2.75) is 13.0 Å². The van der Waals surface area contributed by atoms with Crippen LogP contribution in [0.15, 0.2) is 30.5 Å². The van der Waals surface area contributed by atoms with Crippen molar-refractivity contribution < 1.29 is 8.60 Å². The number of nitrogens with zero attached hydrogens (tertiary/aromatic N) is 3. The van der Waals surface area contributed by atoms with Crippen LogP contribution in [0.4, 0.5) is 4.39 Å². The van der Waals surface area contributed by atoms with E-state index >= 15 is 0 Å². The van der Waals surface area contributed by atoms with Crippen molar-refractivity contribution in [3.8, 4) is 5.69 Å². The van der Waals surface area contributed by atoms with Crippen LogP contribution in [-0.4, -0.2) is 30.7 Å². The Kier molecular flexibility index (Phi) is 3.94. The minimum atomic E-state index is -0.807. The van der Waals surface area contributed by atoms with Crippen LogP contribution in [0.2, 0.25) is 0 Å². The lowest BCUT2D eigenvalue weighted by atomic mass is 10.0. The van der Waals surface area contributed by atoms with E-state index in [0.29, 0.717) is 41.4 Å². The normalized spacial score (nSPS) is 18.6. The molecule has 2 N–H and O–H groups in total. The summed E-state index contributed by atoms with van der Waals surface area (Å²) in [7, 11) is -0.807. The lowest BCUT2D eigenvalue weighted by molar-refractivity contribution is 0.620. The predicted molar refractivity (Wildman–Crippen MR) is 79.7 cm³/mol. The molecule has 0 spiro atoms. The third-order valence-corrected chi connectivity index (χ3v) is 4.63. The van der Waals surface area contributed by atoms with Crippen LogP contribution >= 0.6 is 0 Å². The molecule has 1 aliphatic rings. The highest BCUT2D eigenvalue weighted by Gasteiger charge is 2.15. The maximum Gasteiger partial charge on any atom is 0.132 e. The first-order valence-electron chi connectivity index (χ1n) is 6.63. The maximum absolute atomic E-state index is 14.3. The van der Waals surface area contributed by atoms with Gasteiger partial charge in [-0.2, -0.15) is 0 Å². The van der Waals surface area contributed by atoms with E-state index in [-0.39, 0.29) is 5.82 Å². The number of rotatable bonds is 3. The molecule has 1 aromatic carbocycles. The molecule has 110 valence electrons. The summed E-state index contributed by atoms with van der Waals surface area (Å²) in [4.78, 5) is 0. The zero-order chi connectivity index (χ0) is 14.8. The van der Waals surface area contributed by atoms with Gasteiger partial charge in [0.2, 0.25) is 0 Å². The molecule has 2 heterocycles. The fourth-order valence-electron chi connectivity index (χ4n) is 2.27. The van der Waals surface area contributed by atoms with Gasteiger partial charge in [0.1, 0.15) is 5.82 Å². The average Bonchev–Trinajstić information content (AvgIpc) is 2.97. The lowest BCUT2D eigenvalue weighted by Gasteiger charge is -2.14. The van der Waals surface area contributed by atoms with Crippen LogP contribution in [-0.2, 0) is 17.3 Å². The highest BCUT2D eigenvalue weighted by Crippen LogP contribution is 2.26. The summed E-state index contributed by atoms with van der Waals surface area (Å²) >= 11 is 0. The SMILES string of the molecule is NCc1cn(-c2ccc(C3=CCS(=O)CC3)c(F)c2)nn1. The number of hydrogen-bond acceptors (Lipinski definition) is 4. The first-order valence-corrected chi connectivity index (χ1v) is 8.12. The van der Waals surface area contributed by atoms with Crippen molar-refractivity contribution in [1.82, 2.24) is 15.0 Å². The fourth-order valence-corrected chi connectivity index (χ4v) is 3.27. The molecule has 0 amide bonds. The largest absolute Gasteiger partial charge is 0.325 e. The Bertz CT molecular complexity index is 726. The van der Waals surface area contributed by atoms with Gasteiger partial charge < -0.3 is 5.73 Å². The Morgan fingerprint density at radius 3 is 2.90 bits per heavy atom. The Balaban J connectivity index is 1.91. The number of nitrogens with two attached hydrogens (primary N) is 1. The minimum Gasteiger partial charge on any atom is -0.325 e. The maximum atomic E-state index is 14.3. The summed E-state index contributed by atoms with van der Waals surface area (Å²) < 4.78 is 27.1. The van der Waals surface area contributed by atoms with Crippen molar-refractivity contribution >= 4 is 16.4 Å². The Morgan fingerprint density at radius 1 is 1.43 bits per heavy atom. The second-order valence-corrected chi connectivity index (χ2v) is 6.43. The molecule has 21 heavy (non-hydrogen) atoms. The van der Waals surface area contributed by atoms with E-state index in [4.69, 9.17) is 5.73 Å². The molecule has 0 saturated carbocycles. The summed E-state index contributed by atoms with van der Waals surface area (Å²) in [6.45, 7) is 0.296. The van der Waals surface area contributed by atoms with E-state index in [2.05, 4.69) is 10.3 Å². The quantitative estimate of drug-likeness (QED) is 0.930. The van der Waals surface area contributed by atoms with Gasteiger partial charge in [0, 0.05) is 40.5 Å². The van der Waals surface area contributed by atoms with Crippen molar-refractivity contribution in [3.63, 3.8) is 0 Å². The standard InChI is InChI=1S/C14H15FN4OS/c15-14-7-12(19-9-11(8-16)17-18-19)1-2-13(14)10-3-5-21(20)6-4-10/h1-3,7,9H,4-6,8,16H2. The van der Waals surface area contributed by atoms with Crippen LogP contribution in [0.5, 0.6) is 0 Å². The van der Waals surface area contributed by atoms with E-state index in [1.165, 1.54) is 10.7 Å². The number of aromatic nitrogens is 3. The van der Waals surface area contributed by atoms with Gasteiger partial charge in [-0.25, -0.2) is 9.07 Å². The Hall–Kier alpha value is -1.86. The smallest absolute Gasteiger partial charge is 0.132 e. The molecule has 1 aliphatic heterocycles. The van der Waals surface area contributed by atoms with Crippen molar-refractivity contribution in [2.24, 2.45) is 5.73 Å². The molecule has 0 bridgehead atoms. The number of benzene rings is 1. The second kappa shape index (κ2) is 5.87. The molecular weight excluding hydrogens is 291 g/mol. The monoisotopic (exact) mass is 306 g/mol. The van der Waals surface area contributed by atoms with Gasteiger partial charge >= 0.3 is 0 Å². The first-order chi connectivity index (χ1) is 10.2. The minimum absolute atomic E-state index is 0.296. The summed E-state index contributed by atoms with van der Waals surface area (Å²) in [5.41, 5.74) is 8.21. The molecule has 0 aliphatic carbocycles. The number of allylic oxidation sites excluding steroid dienone is 1. The number of halogens is 1. The van der Waals surface area contributed by atoms with E-state index in [1.807, 2.05) is 6.08 Å². The van der Waals surface area contributed by atoms with Gasteiger partial charge in [-0.1, -0.05) is 11.3 Å². The molecule has 1 unspecified atom stereocenters. The van der Waals surface area contributed by atoms with Gasteiger partial charge in [0.05, 0.1) is 17.6 Å². The van der Waals surface area contributed by atoms with E-state index in [0.717, 1.165) is 5.57 Å². The van der Waals surface area contributed by atoms with Gasteiger partial charge in [-0.15, -0.1) is 5.10 Å². The fraction of sp³-hybridized carbons (Fsp3) is 0.286. The lowest BCUT2D eigenvalue weighted by Crippen LogP contribution is -2.09. The number of hydrogen-bond donors (Lipinski definition) is 1. The zero-order valence-electron chi connectivity index (χ0n) is 11.3. The zero-order valence-corrected chi connectivity index (χ0v) is 12.1. The summed E-state index contributed by atoms with van der Waals surface area (Å²) in [6.07, 6.45) is 4.18. The summed E-state index contributed by atoms with van der Waals surface area (Å²) in [5, 5.41) is 7.80. The molecule has 1 aromatic heterocycles. The van der Waals surface area contributed by atoms with E-state index < -0.39 is 10.8 Å². The third kappa shape index (κ3) is 2.93. The molecular formula is C14H15FN4OS. The molecule has 0 fully saturated rings. The molecule has 7 heteroatoms. The average molecular weight is 306 g/mol. The van der Waals surface area contributed by atoms with Crippen molar-refractivity contribution in [1.29, 1.82) is 0 Å². The molecule has 0 saturated heterocycles. The second-order valence-electron chi connectivity index (χ2n) is 4.81. The molecule has 5 nitrogen and oxygen atoms in total. The van der Waals surface area contributed by atoms with Gasteiger partial charge in [0.15, 0.2) is 0 Å². The van der Waals surface area contributed by atoms with Gasteiger partial charge in [0.25, 0.3) is 0 Å². The van der Waals surface area contributed by atoms with Crippen LogP contribution in [0, 0.1) is 5.82 Å². The van der Waals surface area contributed by atoms with Crippen LogP contribution < -0.4 is 5.73 Å².